The second-order valence-electron chi connectivity index (χ2n) is 10.7. The van der Waals surface area contributed by atoms with Crippen molar-refractivity contribution in [3.05, 3.63) is 71.8 Å². The van der Waals surface area contributed by atoms with Gasteiger partial charge in [0.2, 0.25) is 17.7 Å². The number of benzene rings is 2. The van der Waals surface area contributed by atoms with Crippen LogP contribution in [0.1, 0.15) is 43.7 Å². The first-order valence-electron chi connectivity index (χ1n) is 13.7. The van der Waals surface area contributed by atoms with E-state index < -0.39 is 28.7 Å². The number of hydrogen-bond acceptors (Lipinski definition) is 5. The molecule has 38 heavy (non-hydrogen) atoms. The number of nitrogens with one attached hydrogen (secondary N) is 2. The molecule has 3 aliphatic rings. The van der Waals surface area contributed by atoms with E-state index in [0.717, 1.165) is 30.4 Å². The molecule has 1 spiro atoms. The number of fused-ring (bicyclic) bond motifs is 1. The minimum atomic E-state index is -0.709. The van der Waals surface area contributed by atoms with Crippen LogP contribution in [-0.2, 0) is 27.3 Å². The Bertz CT molecular complexity index is 1150. The third kappa shape index (κ3) is 4.84. The van der Waals surface area contributed by atoms with Crippen LogP contribution in [0.2, 0.25) is 0 Å². The Hall–Kier alpha value is -2.84. The molecule has 5 rings (SSSR count). The van der Waals surface area contributed by atoms with Crippen molar-refractivity contribution in [3.63, 3.8) is 0 Å². The van der Waals surface area contributed by atoms with E-state index in [1.165, 1.54) is 0 Å². The van der Waals surface area contributed by atoms with Gasteiger partial charge >= 0.3 is 0 Å². The van der Waals surface area contributed by atoms with Crippen molar-refractivity contribution in [1.82, 2.24) is 15.5 Å². The lowest BCUT2D eigenvalue weighted by Gasteiger charge is -2.37. The molecule has 7 nitrogen and oxygen atoms in total. The van der Waals surface area contributed by atoms with Gasteiger partial charge < -0.3 is 20.6 Å². The predicted molar refractivity (Wildman–Crippen MR) is 148 cm³/mol. The average molecular weight is 536 g/mol. The Morgan fingerprint density at radius 2 is 1.74 bits per heavy atom. The summed E-state index contributed by atoms with van der Waals surface area (Å²) in [4.78, 5) is 43.2. The number of unbranched alkanes of at least 4 members (excludes halogenated alkanes) is 1. The summed E-state index contributed by atoms with van der Waals surface area (Å²) in [6, 6.07) is 18.2. The Morgan fingerprint density at radius 3 is 2.39 bits per heavy atom. The first-order chi connectivity index (χ1) is 18.5. The van der Waals surface area contributed by atoms with Gasteiger partial charge in [0.1, 0.15) is 6.04 Å². The van der Waals surface area contributed by atoms with Gasteiger partial charge in [-0.15, -0.1) is 11.8 Å². The fraction of sp³-hybridized carbons (Fsp3) is 0.500. The van der Waals surface area contributed by atoms with E-state index >= 15 is 0 Å². The number of rotatable bonds is 11. The van der Waals surface area contributed by atoms with Crippen LogP contribution in [0.4, 0.5) is 0 Å². The summed E-state index contributed by atoms with van der Waals surface area (Å²) in [7, 11) is 0. The van der Waals surface area contributed by atoms with Gasteiger partial charge in [-0.3, -0.25) is 14.4 Å². The lowest BCUT2D eigenvalue weighted by molar-refractivity contribution is -0.142. The zero-order valence-corrected chi connectivity index (χ0v) is 22.7. The van der Waals surface area contributed by atoms with E-state index in [2.05, 4.69) is 17.6 Å². The van der Waals surface area contributed by atoms with Gasteiger partial charge in [0.15, 0.2) is 0 Å². The van der Waals surface area contributed by atoms with Gasteiger partial charge in [-0.2, -0.15) is 0 Å². The summed E-state index contributed by atoms with van der Waals surface area (Å²) in [6.07, 6.45) is 3.77. The number of likely N-dealkylation sites (tertiary alicyclic amines) is 1. The van der Waals surface area contributed by atoms with E-state index in [1.807, 2.05) is 60.7 Å². The van der Waals surface area contributed by atoms with Crippen molar-refractivity contribution in [2.45, 2.75) is 67.7 Å². The number of carbonyl (C=O) groups excluding carboxylic acids is 3. The van der Waals surface area contributed by atoms with Crippen LogP contribution in [-0.4, -0.2) is 63.0 Å². The molecule has 3 fully saturated rings. The van der Waals surface area contributed by atoms with Crippen LogP contribution < -0.4 is 10.6 Å². The van der Waals surface area contributed by atoms with Crippen molar-refractivity contribution in [1.29, 1.82) is 0 Å². The SMILES string of the molecule is CCCCNC(=O)C1N([C@@H](CO)Cc2ccccc2)C(=O)[C@@H]2[C@@H](C(=O)NCc3ccccc3)[C@H]3CCC12S3. The minimum absolute atomic E-state index is 0.00881. The van der Waals surface area contributed by atoms with E-state index in [1.54, 1.807) is 16.7 Å². The van der Waals surface area contributed by atoms with Gasteiger partial charge in [0.05, 0.1) is 29.2 Å². The maximum atomic E-state index is 14.2. The third-order valence-corrected chi connectivity index (χ3v) is 10.3. The molecule has 2 aromatic rings. The maximum Gasteiger partial charge on any atom is 0.244 e. The molecule has 3 aliphatic heterocycles. The maximum absolute atomic E-state index is 14.2. The highest BCUT2D eigenvalue weighted by molar-refractivity contribution is 8.02. The van der Waals surface area contributed by atoms with Crippen LogP contribution in [0.15, 0.2) is 60.7 Å². The molecule has 3 heterocycles. The summed E-state index contributed by atoms with van der Waals surface area (Å²) in [5.74, 6) is -1.53. The lowest BCUT2D eigenvalue weighted by Crippen LogP contribution is -2.57. The Kier molecular flexibility index (Phi) is 8.09. The second kappa shape index (κ2) is 11.5. The Morgan fingerprint density at radius 1 is 1.05 bits per heavy atom. The number of amides is 3. The number of hydrogen-bond donors (Lipinski definition) is 3. The van der Waals surface area contributed by atoms with Crippen molar-refractivity contribution in [3.8, 4) is 0 Å². The average Bonchev–Trinajstić information content (AvgIpc) is 3.59. The number of carbonyl (C=O) groups is 3. The zero-order valence-electron chi connectivity index (χ0n) is 21.8. The standard InChI is InChI=1S/C30H37N3O4S/c1-2-3-16-31-28(36)26-30-15-14-23(38-30)24(27(35)32-18-21-12-8-5-9-13-21)25(30)29(37)33(26)22(19-34)17-20-10-6-4-7-11-20/h4-13,22-26,34H,2-3,14-19H2,1H3,(H,31,36)(H,32,35)/t22-,23-,24+,25+,26?,30?/m1/s1. The lowest BCUT2D eigenvalue weighted by atomic mass is 9.70. The number of thioether (sulfide) groups is 1. The highest BCUT2D eigenvalue weighted by Crippen LogP contribution is 2.66. The fourth-order valence-electron chi connectivity index (χ4n) is 6.61. The molecule has 8 heteroatoms. The summed E-state index contributed by atoms with van der Waals surface area (Å²) in [6.45, 7) is 2.77. The molecule has 2 aromatic carbocycles. The van der Waals surface area contributed by atoms with E-state index in [-0.39, 0.29) is 29.6 Å². The van der Waals surface area contributed by atoms with Crippen LogP contribution in [0.3, 0.4) is 0 Å². The highest BCUT2D eigenvalue weighted by atomic mass is 32.2. The number of aliphatic hydroxyl groups excluding tert-OH is 1. The van der Waals surface area contributed by atoms with Crippen LogP contribution in [0.5, 0.6) is 0 Å². The van der Waals surface area contributed by atoms with Gasteiger partial charge in [-0.1, -0.05) is 74.0 Å². The van der Waals surface area contributed by atoms with Crippen LogP contribution in [0, 0.1) is 11.8 Å². The molecule has 3 saturated heterocycles. The Labute approximate surface area is 228 Å². The van der Waals surface area contributed by atoms with Crippen molar-refractivity contribution >= 4 is 29.5 Å². The molecule has 3 amide bonds. The summed E-state index contributed by atoms with van der Waals surface area (Å²) >= 11 is 1.66. The van der Waals surface area contributed by atoms with Crippen molar-refractivity contribution < 1.29 is 19.5 Å². The third-order valence-electron chi connectivity index (χ3n) is 8.35. The molecule has 202 valence electrons. The zero-order chi connectivity index (χ0) is 26.7. The molecule has 0 radical (unpaired) electrons. The van der Waals surface area contributed by atoms with Crippen molar-refractivity contribution in [2.24, 2.45) is 11.8 Å². The fourth-order valence-corrected chi connectivity index (χ4v) is 8.82. The van der Waals surface area contributed by atoms with Crippen molar-refractivity contribution in [2.75, 3.05) is 13.2 Å². The quantitative estimate of drug-likeness (QED) is 0.385. The predicted octanol–water partition coefficient (Wildman–Crippen LogP) is 2.91. The largest absolute Gasteiger partial charge is 0.394 e. The normalized spacial score (nSPS) is 28.3. The molecule has 0 saturated carbocycles. The molecule has 0 aliphatic carbocycles. The van der Waals surface area contributed by atoms with E-state index in [4.69, 9.17) is 0 Å². The highest BCUT2D eigenvalue weighted by Gasteiger charge is 2.74. The first-order valence-corrected chi connectivity index (χ1v) is 14.6. The second-order valence-corrected chi connectivity index (χ2v) is 12.3. The summed E-state index contributed by atoms with van der Waals surface area (Å²) in [5, 5.41) is 16.6. The molecule has 2 bridgehead atoms. The molecular formula is C30H37N3O4S. The first kappa shape index (κ1) is 26.8. The van der Waals surface area contributed by atoms with Gasteiger partial charge in [-0.25, -0.2) is 0 Å². The topological polar surface area (TPSA) is 98.7 Å². The Balaban J connectivity index is 1.44. The van der Waals surface area contributed by atoms with Crippen LogP contribution >= 0.6 is 11.8 Å². The molecule has 3 N–H and O–H groups in total. The smallest absolute Gasteiger partial charge is 0.244 e. The molecule has 6 atom stereocenters. The monoisotopic (exact) mass is 535 g/mol. The summed E-state index contributed by atoms with van der Waals surface area (Å²) < 4.78 is -0.656. The minimum Gasteiger partial charge on any atom is -0.394 e. The van der Waals surface area contributed by atoms with Gasteiger partial charge in [-0.05, 0) is 36.8 Å². The summed E-state index contributed by atoms with van der Waals surface area (Å²) in [5.41, 5.74) is 2.00. The van der Waals surface area contributed by atoms with E-state index in [0.29, 0.717) is 25.9 Å². The molecular weight excluding hydrogens is 498 g/mol. The molecule has 2 unspecified atom stereocenters. The molecule has 0 aromatic heterocycles. The number of nitrogens with zero attached hydrogens (tertiary/aromatic N) is 1. The van der Waals surface area contributed by atoms with E-state index in [9.17, 15) is 19.5 Å². The van der Waals surface area contributed by atoms with Crippen LogP contribution in [0.25, 0.3) is 0 Å². The number of aliphatic hydroxyl groups is 1. The van der Waals surface area contributed by atoms with Gasteiger partial charge in [0, 0.05) is 18.3 Å². The van der Waals surface area contributed by atoms with Gasteiger partial charge in [0.25, 0.3) is 0 Å².